The molecule has 0 atom stereocenters. The number of carbonyl (C=O) groups excluding carboxylic acids is 2. The first-order chi connectivity index (χ1) is 9.00. The van der Waals surface area contributed by atoms with E-state index in [1.807, 2.05) is 30.3 Å². The van der Waals surface area contributed by atoms with Crippen LogP contribution in [0.3, 0.4) is 0 Å². The number of ketones is 2. The van der Waals surface area contributed by atoms with E-state index >= 15 is 0 Å². The predicted octanol–water partition coefficient (Wildman–Crippen LogP) is 2.68. The molecule has 1 aliphatic rings. The lowest BCUT2D eigenvalue weighted by Crippen LogP contribution is -2.38. The van der Waals surface area contributed by atoms with E-state index in [4.69, 9.17) is 4.52 Å². The van der Waals surface area contributed by atoms with Gasteiger partial charge in [0.1, 0.15) is 0 Å². The minimum absolute atomic E-state index is 0.329. The highest BCUT2D eigenvalue weighted by atomic mass is 16.5. The van der Waals surface area contributed by atoms with Crippen LogP contribution in [-0.2, 0) is 11.2 Å². The molecule has 1 heterocycles. The number of hydrogen-bond acceptors (Lipinski definition) is 4. The lowest BCUT2D eigenvalue weighted by molar-refractivity contribution is -0.123. The summed E-state index contributed by atoms with van der Waals surface area (Å²) in [6, 6.07) is 9.24. The number of rotatable bonds is 1. The van der Waals surface area contributed by atoms with Crippen molar-refractivity contribution in [2.75, 3.05) is 0 Å². The molecule has 0 amide bonds. The molecule has 0 saturated heterocycles. The van der Waals surface area contributed by atoms with Crippen LogP contribution in [0.4, 0.5) is 0 Å². The van der Waals surface area contributed by atoms with Crippen molar-refractivity contribution in [3.05, 3.63) is 41.6 Å². The average Bonchev–Trinajstić information content (AvgIpc) is 2.80. The Morgan fingerprint density at radius 2 is 1.84 bits per heavy atom. The fourth-order valence-electron chi connectivity index (χ4n) is 2.38. The molecule has 0 radical (unpaired) electrons. The second kappa shape index (κ2) is 3.88. The highest BCUT2D eigenvalue weighted by Crippen LogP contribution is 2.36. The van der Waals surface area contributed by atoms with Crippen LogP contribution < -0.4 is 0 Å². The maximum absolute atomic E-state index is 12.2. The average molecular weight is 255 g/mol. The van der Waals surface area contributed by atoms with Gasteiger partial charge >= 0.3 is 0 Å². The summed E-state index contributed by atoms with van der Waals surface area (Å²) in [5.41, 5.74) is 0.968. The van der Waals surface area contributed by atoms with Gasteiger partial charge in [-0.2, -0.15) is 0 Å². The molecule has 0 unspecified atom stereocenters. The number of hydrogen-bond donors (Lipinski definition) is 0. The van der Waals surface area contributed by atoms with Gasteiger partial charge in [0.25, 0.3) is 0 Å². The molecule has 1 aromatic heterocycles. The van der Waals surface area contributed by atoms with Crippen molar-refractivity contribution in [3.63, 3.8) is 0 Å². The monoisotopic (exact) mass is 255 g/mol. The Balaban J connectivity index is 2.18. The van der Waals surface area contributed by atoms with Crippen molar-refractivity contribution in [2.45, 2.75) is 20.3 Å². The van der Waals surface area contributed by atoms with Gasteiger partial charge in [-0.25, -0.2) is 0 Å². The van der Waals surface area contributed by atoms with E-state index in [1.165, 1.54) is 0 Å². The molecule has 0 spiro atoms. The van der Waals surface area contributed by atoms with Gasteiger partial charge in [0.05, 0.1) is 11.3 Å². The highest BCUT2D eigenvalue weighted by Gasteiger charge is 2.43. The summed E-state index contributed by atoms with van der Waals surface area (Å²) in [5.74, 6) is -0.476. The van der Waals surface area contributed by atoms with E-state index in [1.54, 1.807) is 13.8 Å². The molecule has 2 aromatic rings. The molecule has 19 heavy (non-hydrogen) atoms. The van der Waals surface area contributed by atoms with Gasteiger partial charge in [0.15, 0.2) is 5.76 Å². The zero-order valence-corrected chi connectivity index (χ0v) is 10.8. The van der Waals surface area contributed by atoms with E-state index in [0.717, 1.165) is 5.56 Å². The van der Waals surface area contributed by atoms with Crippen molar-refractivity contribution in [3.8, 4) is 11.3 Å². The van der Waals surface area contributed by atoms with E-state index in [0.29, 0.717) is 23.4 Å². The van der Waals surface area contributed by atoms with E-state index in [-0.39, 0.29) is 5.78 Å². The van der Waals surface area contributed by atoms with Gasteiger partial charge in [-0.3, -0.25) is 9.59 Å². The van der Waals surface area contributed by atoms with E-state index < -0.39 is 11.2 Å². The highest BCUT2D eigenvalue weighted by molar-refractivity contribution is 6.47. The Morgan fingerprint density at radius 1 is 1.16 bits per heavy atom. The molecule has 0 saturated carbocycles. The lowest BCUT2D eigenvalue weighted by Gasteiger charge is -2.25. The summed E-state index contributed by atoms with van der Waals surface area (Å²) in [7, 11) is 0. The fraction of sp³-hybridized carbons (Fsp3) is 0.267. The van der Waals surface area contributed by atoms with Crippen LogP contribution in [0.1, 0.15) is 29.9 Å². The van der Waals surface area contributed by atoms with Crippen molar-refractivity contribution in [2.24, 2.45) is 5.41 Å². The molecular weight excluding hydrogens is 242 g/mol. The molecule has 0 N–H and O–H groups in total. The molecule has 1 aliphatic carbocycles. The smallest absolute Gasteiger partial charge is 0.235 e. The van der Waals surface area contributed by atoms with Crippen molar-refractivity contribution in [1.82, 2.24) is 5.16 Å². The van der Waals surface area contributed by atoms with Gasteiger partial charge in [-0.1, -0.05) is 49.3 Å². The number of carbonyl (C=O) groups is 2. The van der Waals surface area contributed by atoms with Gasteiger partial charge in [0.2, 0.25) is 11.6 Å². The summed E-state index contributed by atoms with van der Waals surface area (Å²) in [4.78, 5) is 24.3. The Bertz CT molecular complexity index is 668. The fourth-order valence-corrected chi connectivity index (χ4v) is 2.38. The first-order valence-corrected chi connectivity index (χ1v) is 6.14. The molecule has 96 valence electrons. The second-order valence-electron chi connectivity index (χ2n) is 5.42. The van der Waals surface area contributed by atoms with Crippen LogP contribution in [0.15, 0.2) is 34.9 Å². The number of fused-ring (bicyclic) bond motifs is 1. The third kappa shape index (κ3) is 1.71. The maximum Gasteiger partial charge on any atom is 0.235 e. The number of Topliss-reactive ketones (excluding diaryl/α,β-unsaturated/α-hetero) is 2. The molecule has 3 rings (SSSR count). The molecule has 4 nitrogen and oxygen atoms in total. The molecular formula is C15H13NO3. The van der Waals surface area contributed by atoms with Crippen molar-refractivity contribution in [1.29, 1.82) is 0 Å². The molecule has 0 bridgehead atoms. The number of aromatic nitrogens is 1. The second-order valence-corrected chi connectivity index (χ2v) is 5.42. The summed E-state index contributed by atoms with van der Waals surface area (Å²) < 4.78 is 5.29. The van der Waals surface area contributed by atoms with E-state index in [2.05, 4.69) is 5.16 Å². The summed E-state index contributed by atoms with van der Waals surface area (Å²) in [6.45, 7) is 3.51. The quantitative estimate of drug-likeness (QED) is 0.735. The Hall–Kier alpha value is -2.23. The van der Waals surface area contributed by atoms with E-state index in [9.17, 15) is 9.59 Å². The molecule has 4 heteroatoms. The van der Waals surface area contributed by atoms with Crippen LogP contribution in [0, 0.1) is 5.41 Å². The van der Waals surface area contributed by atoms with Gasteiger partial charge in [0, 0.05) is 17.4 Å². The van der Waals surface area contributed by atoms with Crippen LogP contribution in [-0.4, -0.2) is 16.7 Å². The van der Waals surface area contributed by atoms with Crippen LogP contribution in [0.25, 0.3) is 11.3 Å². The first-order valence-electron chi connectivity index (χ1n) is 6.14. The largest absolute Gasteiger partial charge is 0.355 e. The minimum Gasteiger partial charge on any atom is -0.355 e. The molecule has 0 aliphatic heterocycles. The normalized spacial score (nSPS) is 17.4. The number of nitrogens with zero attached hydrogens (tertiary/aromatic N) is 1. The van der Waals surface area contributed by atoms with Crippen LogP contribution in [0.5, 0.6) is 0 Å². The predicted molar refractivity (Wildman–Crippen MR) is 68.8 cm³/mol. The maximum atomic E-state index is 12.2. The third-order valence-electron chi connectivity index (χ3n) is 3.46. The summed E-state index contributed by atoms with van der Waals surface area (Å²) in [6.07, 6.45) is 0.434. The van der Waals surface area contributed by atoms with Crippen LogP contribution in [0.2, 0.25) is 0 Å². The zero-order chi connectivity index (χ0) is 13.6. The molecule has 1 aromatic carbocycles. The Kier molecular flexibility index (Phi) is 2.42. The van der Waals surface area contributed by atoms with Crippen molar-refractivity contribution >= 4 is 11.6 Å². The zero-order valence-electron chi connectivity index (χ0n) is 10.8. The number of benzene rings is 1. The van der Waals surface area contributed by atoms with Gasteiger partial charge in [-0.05, 0) is 0 Å². The SMILES string of the molecule is CC1(C)Cc2noc(-c3ccccc3)c2C(=O)C1=O. The van der Waals surface area contributed by atoms with Crippen LogP contribution >= 0.6 is 0 Å². The van der Waals surface area contributed by atoms with Gasteiger partial charge in [-0.15, -0.1) is 0 Å². The standard InChI is InChI=1S/C15H13NO3/c1-15(2)8-10-11(12(17)14(15)18)13(19-16-10)9-6-4-3-5-7-9/h3-7H,8H2,1-2H3. The third-order valence-corrected chi connectivity index (χ3v) is 3.46. The summed E-state index contributed by atoms with van der Waals surface area (Å²) >= 11 is 0. The minimum atomic E-state index is -0.699. The first kappa shape index (κ1) is 11.8. The lowest BCUT2D eigenvalue weighted by atomic mass is 9.74. The summed E-state index contributed by atoms with van der Waals surface area (Å²) in [5, 5.41) is 3.97. The Morgan fingerprint density at radius 3 is 2.53 bits per heavy atom. The van der Waals surface area contributed by atoms with Crippen molar-refractivity contribution < 1.29 is 14.1 Å². The Labute approximate surface area is 110 Å². The van der Waals surface area contributed by atoms with Gasteiger partial charge < -0.3 is 4.52 Å². The topological polar surface area (TPSA) is 60.2 Å². The molecule has 0 fully saturated rings.